The fourth-order valence-electron chi connectivity index (χ4n) is 1.73. The molecule has 0 unspecified atom stereocenters. The minimum atomic E-state index is 0.167. The van der Waals surface area contributed by atoms with Crippen molar-refractivity contribution in [2.75, 3.05) is 12.3 Å². The van der Waals surface area contributed by atoms with Crippen LogP contribution in [0.2, 0.25) is 5.02 Å². The first-order chi connectivity index (χ1) is 9.69. The van der Waals surface area contributed by atoms with Gasteiger partial charge in [0, 0.05) is 21.3 Å². The van der Waals surface area contributed by atoms with Crippen molar-refractivity contribution < 1.29 is 4.79 Å². The van der Waals surface area contributed by atoms with Crippen LogP contribution in [0.25, 0.3) is 0 Å². The second kappa shape index (κ2) is 7.72. The summed E-state index contributed by atoms with van der Waals surface area (Å²) in [6.45, 7) is 3.45. The van der Waals surface area contributed by atoms with E-state index in [4.69, 9.17) is 11.6 Å². The molecular weight excluding hydrogens is 310 g/mol. The fraction of sp³-hybridized carbons (Fsp3) is 0.267. The topological polar surface area (TPSA) is 20.3 Å². The van der Waals surface area contributed by atoms with Crippen LogP contribution in [-0.4, -0.2) is 23.1 Å². The first-order valence-corrected chi connectivity index (χ1v) is 8.62. The molecule has 2 aromatic rings. The van der Waals surface area contributed by atoms with Crippen LogP contribution < -0.4 is 0 Å². The number of carbonyl (C=O) groups is 1. The molecule has 0 N–H and O–H groups in total. The van der Waals surface area contributed by atoms with E-state index >= 15 is 0 Å². The first kappa shape index (κ1) is 15.4. The van der Waals surface area contributed by atoms with Crippen molar-refractivity contribution in [2.24, 2.45) is 0 Å². The lowest BCUT2D eigenvalue weighted by molar-refractivity contribution is -0.128. The summed E-state index contributed by atoms with van der Waals surface area (Å²) in [7, 11) is 0. The van der Waals surface area contributed by atoms with Crippen molar-refractivity contribution in [3.8, 4) is 0 Å². The van der Waals surface area contributed by atoms with E-state index in [1.807, 2.05) is 47.5 Å². The van der Waals surface area contributed by atoms with E-state index in [1.165, 1.54) is 4.88 Å². The van der Waals surface area contributed by atoms with E-state index in [-0.39, 0.29) is 5.91 Å². The Bertz CT molecular complexity index is 540. The van der Waals surface area contributed by atoms with Gasteiger partial charge in [0.15, 0.2) is 0 Å². The van der Waals surface area contributed by atoms with Crippen LogP contribution >= 0.6 is 34.7 Å². The van der Waals surface area contributed by atoms with Gasteiger partial charge < -0.3 is 4.90 Å². The lowest BCUT2D eigenvalue weighted by Gasteiger charge is -2.19. The molecule has 0 aliphatic rings. The first-order valence-electron chi connectivity index (χ1n) is 6.37. The largest absolute Gasteiger partial charge is 0.337 e. The molecule has 2 rings (SSSR count). The lowest BCUT2D eigenvalue weighted by atomic mass is 10.4. The van der Waals surface area contributed by atoms with Crippen molar-refractivity contribution in [1.29, 1.82) is 0 Å². The number of carbonyl (C=O) groups excluding carboxylic acids is 1. The maximum Gasteiger partial charge on any atom is 0.233 e. The summed E-state index contributed by atoms with van der Waals surface area (Å²) < 4.78 is 0. The Kier molecular flexibility index (Phi) is 5.95. The normalized spacial score (nSPS) is 10.5. The highest BCUT2D eigenvalue weighted by Gasteiger charge is 2.13. The summed E-state index contributed by atoms with van der Waals surface area (Å²) >= 11 is 9.08. The molecule has 0 spiro atoms. The van der Waals surface area contributed by atoms with E-state index in [0.29, 0.717) is 17.3 Å². The average Bonchev–Trinajstić information content (AvgIpc) is 2.97. The van der Waals surface area contributed by atoms with Crippen LogP contribution in [0.4, 0.5) is 0 Å². The van der Waals surface area contributed by atoms with Crippen molar-refractivity contribution in [3.05, 3.63) is 51.7 Å². The molecule has 0 saturated heterocycles. The Hall–Kier alpha value is -0.970. The Morgan fingerprint density at radius 3 is 2.65 bits per heavy atom. The third-order valence-electron chi connectivity index (χ3n) is 2.84. The van der Waals surface area contributed by atoms with Gasteiger partial charge in [0.1, 0.15) is 0 Å². The second-order valence-electron chi connectivity index (χ2n) is 4.23. The molecular formula is C15H16ClNOS2. The summed E-state index contributed by atoms with van der Waals surface area (Å²) in [5.74, 6) is 0.627. The number of thiophene rings is 1. The van der Waals surface area contributed by atoms with Crippen LogP contribution in [-0.2, 0) is 11.3 Å². The predicted molar refractivity (Wildman–Crippen MR) is 87.6 cm³/mol. The van der Waals surface area contributed by atoms with Crippen LogP contribution in [0, 0.1) is 0 Å². The third-order valence-corrected chi connectivity index (χ3v) is 4.95. The molecule has 2 nitrogen and oxygen atoms in total. The van der Waals surface area contributed by atoms with Gasteiger partial charge in [0.25, 0.3) is 0 Å². The Labute approximate surface area is 132 Å². The molecule has 0 aliphatic heterocycles. The van der Waals surface area contributed by atoms with Gasteiger partial charge in [-0.3, -0.25) is 4.79 Å². The number of nitrogens with zero attached hydrogens (tertiary/aromatic N) is 1. The highest BCUT2D eigenvalue weighted by atomic mass is 35.5. The van der Waals surface area contributed by atoms with E-state index in [9.17, 15) is 4.79 Å². The molecule has 0 fully saturated rings. The fourth-order valence-corrected chi connectivity index (χ4v) is 3.38. The molecule has 0 atom stereocenters. The van der Waals surface area contributed by atoms with Gasteiger partial charge >= 0.3 is 0 Å². The zero-order valence-electron chi connectivity index (χ0n) is 11.2. The van der Waals surface area contributed by atoms with E-state index < -0.39 is 0 Å². The molecule has 5 heteroatoms. The maximum absolute atomic E-state index is 12.2. The predicted octanol–water partition coefficient (Wildman–Crippen LogP) is 4.54. The summed E-state index contributed by atoms with van der Waals surface area (Å²) in [6.07, 6.45) is 0. The summed E-state index contributed by atoms with van der Waals surface area (Å²) in [5, 5.41) is 2.75. The van der Waals surface area contributed by atoms with E-state index in [1.54, 1.807) is 23.1 Å². The SMILES string of the molecule is CCN(Cc1cccs1)C(=O)CSc1ccc(Cl)cc1. The van der Waals surface area contributed by atoms with E-state index in [0.717, 1.165) is 11.4 Å². The molecule has 0 bridgehead atoms. The number of thioether (sulfide) groups is 1. The van der Waals surface area contributed by atoms with Gasteiger partial charge in [0.05, 0.1) is 12.3 Å². The molecule has 1 amide bonds. The van der Waals surface area contributed by atoms with E-state index in [2.05, 4.69) is 6.07 Å². The number of hydrogen-bond donors (Lipinski definition) is 0. The highest BCUT2D eigenvalue weighted by Crippen LogP contribution is 2.21. The molecule has 106 valence electrons. The monoisotopic (exact) mass is 325 g/mol. The zero-order valence-corrected chi connectivity index (χ0v) is 13.6. The van der Waals surface area contributed by atoms with Crippen molar-refractivity contribution >= 4 is 40.6 Å². The van der Waals surface area contributed by atoms with Crippen LogP contribution in [0.1, 0.15) is 11.8 Å². The summed E-state index contributed by atoms with van der Waals surface area (Å²) in [4.78, 5) is 16.4. The maximum atomic E-state index is 12.2. The number of amides is 1. The van der Waals surface area contributed by atoms with Gasteiger partial charge in [-0.1, -0.05) is 17.7 Å². The Morgan fingerprint density at radius 1 is 1.30 bits per heavy atom. The molecule has 20 heavy (non-hydrogen) atoms. The van der Waals surface area contributed by atoms with Gasteiger partial charge in [-0.05, 0) is 42.6 Å². The van der Waals surface area contributed by atoms with Crippen molar-refractivity contribution in [1.82, 2.24) is 4.90 Å². The number of rotatable bonds is 6. The van der Waals surface area contributed by atoms with Gasteiger partial charge in [0.2, 0.25) is 5.91 Å². The quantitative estimate of drug-likeness (QED) is 0.727. The zero-order chi connectivity index (χ0) is 14.4. The van der Waals surface area contributed by atoms with Crippen LogP contribution in [0.15, 0.2) is 46.7 Å². The summed E-state index contributed by atoms with van der Waals surface area (Å²) in [6, 6.07) is 11.6. The van der Waals surface area contributed by atoms with Crippen LogP contribution in [0.5, 0.6) is 0 Å². The number of halogens is 1. The number of hydrogen-bond acceptors (Lipinski definition) is 3. The van der Waals surface area contributed by atoms with Crippen molar-refractivity contribution in [3.63, 3.8) is 0 Å². The standard InChI is InChI=1S/C15H16ClNOS2/c1-2-17(10-14-4-3-9-19-14)15(18)11-20-13-7-5-12(16)6-8-13/h3-9H,2,10-11H2,1H3. The molecule has 1 heterocycles. The van der Waals surface area contributed by atoms with Crippen molar-refractivity contribution in [2.45, 2.75) is 18.4 Å². The lowest BCUT2D eigenvalue weighted by Crippen LogP contribution is -2.31. The van der Waals surface area contributed by atoms with Gasteiger partial charge in [-0.25, -0.2) is 0 Å². The molecule has 0 radical (unpaired) electrons. The molecule has 1 aromatic heterocycles. The summed E-state index contributed by atoms with van der Waals surface area (Å²) in [5.41, 5.74) is 0. The minimum Gasteiger partial charge on any atom is -0.337 e. The highest BCUT2D eigenvalue weighted by molar-refractivity contribution is 8.00. The average molecular weight is 326 g/mol. The molecule has 0 saturated carbocycles. The smallest absolute Gasteiger partial charge is 0.233 e. The van der Waals surface area contributed by atoms with Gasteiger partial charge in [-0.2, -0.15) is 0 Å². The minimum absolute atomic E-state index is 0.167. The Morgan fingerprint density at radius 2 is 2.05 bits per heavy atom. The number of benzene rings is 1. The van der Waals surface area contributed by atoms with Gasteiger partial charge in [-0.15, -0.1) is 23.1 Å². The third kappa shape index (κ3) is 4.54. The molecule has 1 aromatic carbocycles. The second-order valence-corrected chi connectivity index (χ2v) is 6.75. The Balaban J connectivity index is 1.87. The van der Waals surface area contributed by atoms with Crippen LogP contribution in [0.3, 0.4) is 0 Å². The molecule has 0 aliphatic carbocycles.